The van der Waals surface area contributed by atoms with Crippen molar-refractivity contribution in [1.29, 1.82) is 0 Å². The molecule has 0 aliphatic carbocycles. The fourth-order valence-corrected chi connectivity index (χ4v) is 2.73. The maximum Gasteiger partial charge on any atom is 0.236 e. The molecule has 1 saturated heterocycles. The van der Waals surface area contributed by atoms with Crippen LogP contribution in [-0.2, 0) is 17.9 Å². The van der Waals surface area contributed by atoms with Crippen molar-refractivity contribution in [1.82, 2.24) is 20.0 Å². The van der Waals surface area contributed by atoms with Gasteiger partial charge in [0.2, 0.25) is 5.91 Å². The van der Waals surface area contributed by atoms with E-state index in [0.29, 0.717) is 13.1 Å². The fraction of sp³-hybridized carbons (Fsp3) is 0.467. The van der Waals surface area contributed by atoms with Crippen LogP contribution in [0.5, 0.6) is 0 Å². The smallest absolute Gasteiger partial charge is 0.236 e. The lowest BCUT2D eigenvalue weighted by Crippen LogP contribution is -2.34. The summed E-state index contributed by atoms with van der Waals surface area (Å²) in [5.74, 6) is 0.164. The van der Waals surface area contributed by atoms with Crippen LogP contribution in [0.2, 0.25) is 0 Å². The number of hydrogen-bond acceptors (Lipinski definition) is 3. The van der Waals surface area contributed by atoms with Gasteiger partial charge in [-0.25, -0.2) is 0 Å². The average Bonchev–Trinajstić information content (AvgIpc) is 2.70. The molecule has 1 aliphatic rings. The van der Waals surface area contributed by atoms with Crippen LogP contribution in [0, 0.1) is 0 Å². The second-order valence-corrected chi connectivity index (χ2v) is 5.13. The first-order valence-corrected chi connectivity index (χ1v) is 7.22. The predicted molar refractivity (Wildman–Crippen MR) is 78.3 cm³/mol. The normalized spacial score (nSPS) is 16.6. The quantitative estimate of drug-likeness (QED) is 0.918. The molecule has 106 valence electrons. The van der Waals surface area contributed by atoms with E-state index in [9.17, 15) is 4.79 Å². The first-order chi connectivity index (χ1) is 9.79. The van der Waals surface area contributed by atoms with Gasteiger partial charge in [0.15, 0.2) is 0 Å². The van der Waals surface area contributed by atoms with Crippen LogP contribution in [0.3, 0.4) is 0 Å². The number of nitrogens with zero attached hydrogens (tertiary/aromatic N) is 3. The molecule has 5 heteroatoms. The third-order valence-electron chi connectivity index (χ3n) is 3.79. The van der Waals surface area contributed by atoms with Gasteiger partial charge in [0.25, 0.3) is 0 Å². The highest BCUT2D eigenvalue weighted by atomic mass is 16.2. The Kier molecular flexibility index (Phi) is 3.69. The van der Waals surface area contributed by atoms with Crippen LogP contribution < -0.4 is 5.32 Å². The Morgan fingerprint density at radius 3 is 3.05 bits per heavy atom. The lowest BCUT2D eigenvalue weighted by atomic mass is 10.2. The Hall–Kier alpha value is -1.88. The number of hydrogen-bond donors (Lipinski definition) is 1. The average molecular weight is 272 g/mol. The van der Waals surface area contributed by atoms with Crippen LogP contribution in [-0.4, -0.2) is 40.2 Å². The molecule has 0 atom stereocenters. The van der Waals surface area contributed by atoms with Gasteiger partial charge in [0.05, 0.1) is 24.3 Å². The summed E-state index contributed by atoms with van der Waals surface area (Å²) in [4.78, 5) is 14.0. The van der Waals surface area contributed by atoms with E-state index in [0.717, 1.165) is 42.7 Å². The zero-order chi connectivity index (χ0) is 13.9. The first kappa shape index (κ1) is 13.1. The molecule has 1 N–H and O–H groups in total. The van der Waals surface area contributed by atoms with E-state index in [4.69, 9.17) is 0 Å². The lowest BCUT2D eigenvalue weighted by molar-refractivity contribution is -0.130. The molecule has 5 nitrogen and oxygen atoms in total. The van der Waals surface area contributed by atoms with E-state index in [1.165, 1.54) is 0 Å². The summed E-state index contributed by atoms with van der Waals surface area (Å²) in [5.41, 5.74) is 2.14. The summed E-state index contributed by atoms with van der Waals surface area (Å²) in [6.45, 7) is 5.69. The molecule has 0 unspecified atom stereocenters. The van der Waals surface area contributed by atoms with E-state index < -0.39 is 0 Å². The van der Waals surface area contributed by atoms with Gasteiger partial charge in [-0.3, -0.25) is 9.48 Å². The molecule has 1 fully saturated rings. The number of amides is 1. The van der Waals surface area contributed by atoms with Crippen molar-refractivity contribution in [2.45, 2.75) is 26.4 Å². The molecule has 2 aromatic rings. The van der Waals surface area contributed by atoms with Gasteiger partial charge in [0, 0.05) is 18.5 Å². The molecule has 1 aromatic heterocycles. The highest BCUT2D eigenvalue weighted by Gasteiger charge is 2.19. The summed E-state index contributed by atoms with van der Waals surface area (Å²) in [6.07, 6.45) is 0.998. The first-order valence-electron chi connectivity index (χ1n) is 7.22. The standard InChI is InChI=1S/C15H20N4O/c1-2-19-14-7-4-3-6-12(14)13(17-19)11-18-9-5-8-16-10-15(18)20/h3-4,6-7,16H,2,5,8-11H2,1H3. The molecule has 3 rings (SSSR count). The van der Waals surface area contributed by atoms with Gasteiger partial charge in [-0.1, -0.05) is 18.2 Å². The van der Waals surface area contributed by atoms with Gasteiger partial charge in [-0.2, -0.15) is 5.10 Å². The molecular weight excluding hydrogens is 252 g/mol. The molecule has 0 spiro atoms. The van der Waals surface area contributed by atoms with Crippen LogP contribution in [0.4, 0.5) is 0 Å². The lowest BCUT2D eigenvalue weighted by Gasteiger charge is -2.18. The largest absolute Gasteiger partial charge is 0.336 e. The Morgan fingerprint density at radius 1 is 1.35 bits per heavy atom. The molecule has 0 saturated carbocycles. The minimum Gasteiger partial charge on any atom is -0.336 e. The Bertz CT molecular complexity index is 619. The number of aryl methyl sites for hydroxylation is 1. The molecular formula is C15H20N4O. The topological polar surface area (TPSA) is 50.2 Å². The highest BCUT2D eigenvalue weighted by molar-refractivity contribution is 5.83. The van der Waals surface area contributed by atoms with Gasteiger partial charge in [-0.05, 0) is 26.0 Å². The van der Waals surface area contributed by atoms with Crippen LogP contribution in [0.1, 0.15) is 19.0 Å². The number of carbonyl (C=O) groups excluding carboxylic acids is 1. The third kappa shape index (κ3) is 2.41. The number of para-hydroxylation sites is 1. The minimum absolute atomic E-state index is 0.164. The number of carbonyl (C=O) groups is 1. The minimum atomic E-state index is 0.164. The number of benzene rings is 1. The third-order valence-corrected chi connectivity index (χ3v) is 3.79. The van der Waals surface area contributed by atoms with Crippen LogP contribution in [0.25, 0.3) is 10.9 Å². The van der Waals surface area contributed by atoms with Crippen molar-refractivity contribution < 1.29 is 4.79 Å². The van der Waals surface area contributed by atoms with Crippen molar-refractivity contribution in [2.75, 3.05) is 19.6 Å². The Morgan fingerprint density at radius 2 is 2.20 bits per heavy atom. The summed E-state index contributed by atoms with van der Waals surface area (Å²) >= 11 is 0. The molecule has 2 heterocycles. The van der Waals surface area contributed by atoms with Crippen LogP contribution in [0.15, 0.2) is 24.3 Å². The molecule has 0 bridgehead atoms. The fourth-order valence-electron chi connectivity index (χ4n) is 2.73. The summed E-state index contributed by atoms with van der Waals surface area (Å²) < 4.78 is 2.01. The second kappa shape index (κ2) is 5.63. The zero-order valence-corrected chi connectivity index (χ0v) is 11.8. The van der Waals surface area contributed by atoms with Gasteiger partial charge in [0.1, 0.15) is 0 Å². The predicted octanol–water partition coefficient (Wildman–Crippen LogP) is 1.38. The van der Waals surface area contributed by atoms with Gasteiger partial charge < -0.3 is 10.2 Å². The van der Waals surface area contributed by atoms with E-state index >= 15 is 0 Å². The van der Waals surface area contributed by atoms with Crippen molar-refractivity contribution in [2.24, 2.45) is 0 Å². The number of fused-ring (bicyclic) bond motifs is 1. The van der Waals surface area contributed by atoms with Crippen molar-refractivity contribution in [3.05, 3.63) is 30.0 Å². The second-order valence-electron chi connectivity index (χ2n) is 5.13. The monoisotopic (exact) mass is 272 g/mol. The molecule has 1 amide bonds. The molecule has 1 aromatic carbocycles. The van der Waals surface area contributed by atoms with Crippen LogP contribution >= 0.6 is 0 Å². The number of aromatic nitrogens is 2. The van der Waals surface area contributed by atoms with E-state index in [2.05, 4.69) is 29.5 Å². The molecule has 0 radical (unpaired) electrons. The molecule has 20 heavy (non-hydrogen) atoms. The maximum absolute atomic E-state index is 12.1. The number of nitrogens with one attached hydrogen (secondary N) is 1. The SMILES string of the molecule is CCn1nc(CN2CCCNCC2=O)c2ccccc21. The van der Waals surface area contributed by atoms with E-state index in [1.807, 2.05) is 21.7 Å². The van der Waals surface area contributed by atoms with Crippen molar-refractivity contribution in [3.63, 3.8) is 0 Å². The van der Waals surface area contributed by atoms with Crippen molar-refractivity contribution in [3.8, 4) is 0 Å². The van der Waals surface area contributed by atoms with Crippen molar-refractivity contribution >= 4 is 16.8 Å². The van der Waals surface area contributed by atoms with Gasteiger partial charge >= 0.3 is 0 Å². The highest BCUT2D eigenvalue weighted by Crippen LogP contribution is 2.20. The van der Waals surface area contributed by atoms with E-state index in [1.54, 1.807) is 0 Å². The Labute approximate surface area is 118 Å². The Balaban J connectivity index is 1.92. The van der Waals surface area contributed by atoms with E-state index in [-0.39, 0.29) is 5.91 Å². The zero-order valence-electron chi connectivity index (χ0n) is 11.8. The number of rotatable bonds is 3. The maximum atomic E-state index is 12.1. The summed E-state index contributed by atoms with van der Waals surface area (Å²) in [6, 6.07) is 8.23. The molecule has 1 aliphatic heterocycles. The van der Waals surface area contributed by atoms with Gasteiger partial charge in [-0.15, -0.1) is 0 Å². The summed E-state index contributed by atoms with van der Waals surface area (Å²) in [5, 5.41) is 8.97. The summed E-state index contributed by atoms with van der Waals surface area (Å²) in [7, 11) is 0.